The second-order valence-electron chi connectivity index (χ2n) is 12.1. The van der Waals surface area contributed by atoms with Crippen molar-refractivity contribution in [1.29, 1.82) is 0 Å². The first-order chi connectivity index (χ1) is 17.2. The zero-order valence-corrected chi connectivity index (χ0v) is 22.5. The second kappa shape index (κ2) is 9.83. The first-order valence-electron chi connectivity index (χ1n) is 13.9. The van der Waals surface area contributed by atoms with Crippen LogP contribution in [0.25, 0.3) is 0 Å². The predicted molar refractivity (Wildman–Crippen MR) is 146 cm³/mol. The van der Waals surface area contributed by atoms with E-state index in [-0.39, 0.29) is 11.3 Å². The van der Waals surface area contributed by atoms with Gasteiger partial charge in [0.2, 0.25) is 5.91 Å². The summed E-state index contributed by atoms with van der Waals surface area (Å²) in [5, 5.41) is 12.5. The molecule has 5 rings (SSSR count). The molecule has 0 bridgehead atoms. The number of likely N-dealkylation sites (tertiary alicyclic amines) is 1. The van der Waals surface area contributed by atoms with Crippen molar-refractivity contribution < 1.29 is 9.90 Å². The molecular weight excluding hydrogens is 446 g/mol. The van der Waals surface area contributed by atoms with Crippen molar-refractivity contribution in [2.45, 2.75) is 58.0 Å². The van der Waals surface area contributed by atoms with Gasteiger partial charge in [-0.2, -0.15) is 0 Å². The van der Waals surface area contributed by atoms with Gasteiger partial charge in [0, 0.05) is 56.3 Å². The Balaban J connectivity index is 1.39. The number of aliphatic hydroxyl groups is 1. The van der Waals surface area contributed by atoms with Gasteiger partial charge < -0.3 is 19.8 Å². The number of hydrogen-bond acceptors (Lipinski definition) is 4. The van der Waals surface area contributed by atoms with E-state index in [9.17, 15) is 9.90 Å². The summed E-state index contributed by atoms with van der Waals surface area (Å²) in [6, 6.07) is 17.1. The van der Waals surface area contributed by atoms with E-state index in [2.05, 4.69) is 91.0 Å². The maximum Gasteiger partial charge on any atom is 0.225 e. The smallest absolute Gasteiger partial charge is 0.225 e. The third kappa shape index (κ3) is 4.45. The Morgan fingerprint density at radius 3 is 2.19 bits per heavy atom. The van der Waals surface area contributed by atoms with Crippen LogP contribution in [0.3, 0.4) is 0 Å². The Kier molecular flexibility index (Phi) is 6.90. The molecule has 5 nitrogen and oxygen atoms in total. The molecular formula is C31H43N3O2. The van der Waals surface area contributed by atoms with Gasteiger partial charge in [-0.15, -0.1) is 0 Å². The summed E-state index contributed by atoms with van der Waals surface area (Å²) in [6.07, 6.45) is 4.51. The van der Waals surface area contributed by atoms with Crippen molar-refractivity contribution in [3.63, 3.8) is 0 Å². The van der Waals surface area contributed by atoms with Crippen LogP contribution in [-0.4, -0.2) is 67.1 Å². The zero-order chi connectivity index (χ0) is 25.5. The van der Waals surface area contributed by atoms with Crippen LogP contribution in [0.15, 0.2) is 48.5 Å². The molecule has 5 heteroatoms. The largest absolute Gasteiger partial charge is 0.380 e. The van der Waals surface area contributed by atoms with E-state index in [4.69, 9.17) is 0 Å². The van der Waals surface area contributed by atoms with Crippen LogP contribution in [0.1, 0.15) is 69.1 Å². The van der Waals surface area contributed by atoms with E-state index in [0.717, 1.165) is 68.9 Å². The summed E-state index contributed by atoms with van der Waals surface area (Å²) in [6.45, 7) is 11.5. The number of carbonyl (C=O) groups is 1. The fourth-order valence-electron chi connectivity index (χ4n) is 6.89. The molecule has 194 valence electrons. The number of benzene rings is 2. The first kappa shape index (κ1) is 25.3. The molecule has 0 radical (unpaired) electrons. The molecule has 0 unspecified atom stereocenters. The maximum atomic E-state index is 12.9. The van der Waals surface area contributed by atoms with Gasteiger partial charge in [-0.1, -0.05) is 70.0 Å². The van der Waals surface area contributed by atoms with Crippen LogP contribution < -0.4 is 4.90 Å². The molecule has 0 aromatic heterocycles. The van der Waals surface area contributed by atoms with E-state index in [1.165, 1.54) is 18.4 Å². The van der Waals surface area contributed by atoms with Crippen LogP contribution in [-0.2, 0) is 10.4 Å². The lowest BCUT2D eigenvalue weighted by atomic mass is 9.62. The average molecular weight is 490 g/mol. The predicted octanol–water partition coefficient (Wildman–Crippen LogP) is 4.84. The summed E-state index contributed by atoms with van der Waals surface area (Å²) >= 11 is 0. The third-order valence-electron chi connectivity index (χ3n) is 9.03. The van der Waals surface area contributed by atoms with Gasteiger partial charge in [-0.25, -0.2) is 0 Å². The summed E-state index contributed by atoms with van der Waals surface area (Å²) < 4.78 is 0. The Hall–Kier alpha value is -2.37. The highest BCUT2D eigenvalue weighted by molar-refractivity contribution is 5.79. The van der Waals surface area contributed by atoms with E-state index >= 15 is 0 Å². The number of carbonyl (C=O) groups excluding carboxylic acids is 1. The molecule has 2 aromatic carbocycles. The van der Waals surface area contributed by atoms with Crippen LogP contribution in [0, 0.1) is 11.3 Å². The van der Waals surface area contributed by atoms with Crippen LogP contribution in [0.2, 0.25) is 0 Å². The topological polar surface area (TPSA) is 47.0 Å². The first-order valence-corrected chi connectivity index (χ1v) is 13.9. The van der Waals surface area contributed by atoms with Crippen molar-refractivity contribution in [2.75, 3.05) is 51.2 Å². The highest BCUT2D eigenvalue weighted by atomic mass is 16.3. The van der Waals surface area contributed by atoms with Crippen LogP contribution >= 0.6 is 0 Å². The summed E-state index contributed by atoms with van der Waals surface area (Å²) in [7, 11) is 2.12. The van der Waals surface area contributed by atoms with Gasteiger partial charge in [0.25, 0.3) is 0 Å². The molecule has 3 fully saturated rings. The van der Waals surface area contributed by atoms with Gasteiger partial charge in [0.1, 0.15) is 5.60 Å². The van der Waals surface area contributed by atoms with E-state index in [0.29, 0.717) is 11.8 Å². The number of rotatable bonds is 6. The molecule has 2 aliphatic heterocycles. The molecule has 0 spiro atoms. The van der Waals surface area contributed by atoms with Gasteiger partial charge >= 0.3 is 0 Å². The van der Waals surface area contributed by atoms with Crippen molar-refractivity contribution in [2.24, 2.45) is 11.3 Å². The molecule has 36 heavy (non-hydrogen) atoms. The van der Waals surface area contributed by atoms with E-state index < -0.39 is 5.60 Å². The van der Waals surface area contributed by atoms with E-state index in [1.807, 2.05) is 0 Å². The quantitative estimate of drug-likeness (QED) is 0.631. The Labute approximate surface area is 217 Å². The van der Waals surface area contributed by atoms with Crippen LogP contribution in [0.4, 0.5) is 5.69 Å². The third-order valence-corrected chi connectivity index (χ3v) is 9.03. The fourth-order valence-corrected chi connectivity index (χ4v) is 6.89. The maximum absolute atomic E-state index is 12.9. The Morgan fingerprint density at radius 2 is 1.61 bits per heavy atom. The van der Waals surface area contributed by atoms with Crippen molar-refractivity contribution >= 4 is 11.6 Å². The lowest BCUT2D eigenvalue weighted by Gasteiger charge is -2.56. The molecule has 1 atom stereocenters. The minimum atomic E-state index is -1.08. The molecule has 3 aliphatic rings. The van der Waals surface area contributed by atoms with Gasteiger partial charge in [0.15, 0.2) is 0 Å². The number of amides is 1. The summed E-state index contributed by atoms with van der Waals surface area (Å²) in [4.78, 5) is 19.6. The van der Waals surface area contributed by atoms with Crippen molar-refractivity contribution in [1.82, 2.24) is 9.80 Å². The lowest BCUT2D eigenvalue weighted by Crippen LogP contribution is -2.63. The standard InChI is InChI=1S/C31H43N3O2/c1-23(2)24-12-14-26(15-13-24)31(36,30(3)21-32(4)22-30)27-10-7-11-28(20-27)33-16-18-34(19-17-33)29(35)25-8-5-6-9-25/h7,10-15,20,23,25,36H,5-6,8-9,16-19,21-22H2,1-4H3/t31-/m0/s1. The number of nitrogens with zero attached hydrogens (tertiary/aromatic N) is 3. The van der Waals surface area contributed by atoms with Gasteiger partial charge in [0.05, 0.1) is 0 Å². The number of piperazine rings is 1. The monoisotopic (exact) mass is 489 g/mol. The molecule has 2 aromatic rings. The normalized spacial score (nSPS) is 22.5. The van der Waals surface area contributed by atoms with Crippen LogP contribution in [0.5, 0.6) is 0 Å². The molecule has 1 N–H and O–H groups in total. The number of anilines is 1. The molecule has 1 saturated carbocycles. The van der Waals surface area contributed by atoms with Crippen molar-refractivity contribution in [3.05, 3.63) is 65.2 Å². The fraction of sp³-hybridized carbons (Fsp3) is 0.581. The Morgan fingerprint density at radius 1 is 0.972 bits per heavy atom. The highest BCUT2D eigenvalue weighted by Gasteiger charge is 2.55. The lowest BCUT2D eigenvalue weighted by molar-refractivity contribution is -0.135. The minimum Gasteiger partial charge on any atom is -0.380 e. The van der Waals surface area contributed by atoms with Gasteiger partial charge in [-0.3, -0.25) is 4.79 Å². The zero-order valence-electron chi connectivity index (χ0n) is 22.5. The van der Waals surface area contributed by atoms with Gasteiger partial charge in [-0.05, 0) is 54.6 Å². The van der Waals surface area contributed by atoms with E-state index in [1.54, 1.807) is 0 Å². The summed E-state index contributed by atoms with van der Waals surface area (Å²) in [5.74, 6) is 1.07. The Bertz CT molecular complexity index is 1060. The molecule has 2 heterocycles. The molecule has 1 aliphatic carbocycles. The second-order valence-corrected chi connectivity index (χ2v) is 12.1. The average Bonchev–Trinajstić information content (AvgIpc) is 3.42. The van der Waals surface area contributed by atoms with Crippen molar-refractivity contribution in [3.8, 4) is 0 Å². The minimum absolute atomic E-state index is 0.248. The summed E-state index contributed by atoms with van der Waals surface area (Å²) in [5.41, 5.74) is 2.99. The molecule has 2 saturated heterocycles. The SMILES string of the molecule is CC(C)c1ccc([C@](O)(c2cccc(N3CCN(C(=O)C4CCCC4)CC3)c2)C2(C)CN(C)C2)cc1. The highest BCUT2D eigenvalue weighted by Crippen LogP contribution is 2.50. The number of hydrogen-bond donors (Lipinski definition) is 1. The molecule has 1 amide bonds.